The summed E-state index contributed by atoms with van der Waals surface area (Å²) in [6.45, 7) is 0. The molecule has 2 fully saturated rings. The largest absolute Gasteiger partial charge is 0.345 e. The zero-order valence-electron chi connectivity index (χ0n) is 15.1. The average Bonchev–Trinajstić information content (AvgIpc) is 3.09. The summed E-state index contributed by atoms with van der Waals surface area (Å²) in [7, 11) is 1.82. The number of hydrogen-bond donors (Lipinski definition) is 1. The Bertz CT molecular complexity index is 739. The molecule has 8 nitrogen and oxygen atoms in total. The third-order valence-electron chi connectivity index (χ3n) is 5.97. The fourth-order valence-electron chi connectivity index (χ4n) is 4.07. The van der Waals surface area contributed by atoms with Gasteiger partial charge in [0.05, 0.1) is 18.3 Å². The molecule has 2 atom stereocenters. The van der Waals surface area contributed by atoms with Crippen molar-refractivity contribution >= 4 is 12.1 Å². The van der Waals surface area contributed by atoms with Gasteiger partial charge in [0, 0.05) is 19.7 Å². The second kappa shape index (κ2) is 6.71. The molecular formula is C18H25N7O. The lowest BCUT2D eigenvalue weighted by Gasteiger charge is -2.31. The summed E-state index contributed by atoms with van der Waals surface area (Å²) in [5.41, 5.74) is 0.250. The summed E-state index contributed by atoms with van der Waals surface area (Å²) in [5, 5.41) is 27.1. The minimum atomic E-state index is -0.522. The molecule has 0 saturated heterocycles. The first-order chi connectivity index (χ1) is 12.6. The van der Waals surface area contributed by atoms with Gasteiger partial charge in [-0.25, -0.2) is 4.68 Å². The number of hydrazone groups is 1. The second-order valence-electron chi connectivity index (χ2n) is 7.74. The SMILES string of the molecule is CN1N=CCC1C(=O)N[C@H](c1cn(C2(C#N)CC2)nn1)C1CCCCC1. The lowest BCUT2D eigenvalue weighted by atomic mass is 9.82. The molecule has 1 aromatic heterocycles. The highest BCUT2D eigenvalue weighted by Gasteiger charge is 2.47. The van der Waals surface area contributed by atoms with Crippen molar-refractivity contribution in [1.82, 2.24) is 25.3 Å². The van der Waals surface area contributed by atoms with E-state index in [9.17, 15) is 10.1 Å². The number of nitrogens with one attached hydrogen (secondary N) is 1. The maximum atomic E-state index is 12.8. The lowest BCUT2D eigenvalue weighted by molar-refractivity contribution is -0.126. The van der Waals surface area contributed by atoms with Crippen LogP contribution in [0.5, 0.6) is 0 Å². The molecule has 0 spiro atoms. The molecule has 0 bridgehead atoms. The molecule has 26 heavy (non-hydrogen) atoms. The normalized spacial score (nSPS) is 25.7. The summed E-state index contributed by atoms with van der Waals surface area (Å²) in [6, 6.07) is 1.93. The minimum absolute atomic E-state index is 0.0171. The first-order valence-corrected chi connectivity index (χ1v) is 9.52. The van der Waals surface area contributed by atoms with E-state index in [0.717, 1.165) is 31.4 Å². The van der Waals surface area contributed by atoms with Crippen molar-refractivity contribution in [1.29, 1.82) is 5.26 Å². The zero-order chi connectivity index (χ0) is 18.1. The number of hydrogen-bond acceptors (Lipinski definition) is 6. The van der Waals surface area contributed by atoms with Crippen molar-refractivity contribution < 1.29 is 4.79 Å². The van der Waals surface area contributed by atoms with Crippen LogP contribution < -0.4 is 5.32 Å². The van der Waals surface area contributed by atoms with Crippen LogP contribution in [0.1, 0.15) is 63.1 Å². The van der Waals surface area contributed by atoms with Crippen molar-refractivity contribution in [3.8, 4) is 6.07 Å². The molecule has 2 saturated carbocycles. The van der Waals surface area contributed by atoms with Crippen molar-refractivity contribution in [3.05, 3.63) is 11.9 Å². The van der Waals surface area contributed by atoms with E-state index in [2.05, 4.69) is 26.8 Å². The van der Waals surface area contributed by atoms with Gasteiger partial charge in [0.2, 0.25) is 5.91 Å². The van der Waals surface area contributed by atoms with Gasteiger partial charge in [-0.3, -0.25) is 9.80 Å². The van der Waals surface area contributed by atoms with E-state index < -0.39 is 5.54 Å². The molecule has 1 amide bonds. The zero-order valence-corrected chi connectivity index (χ0v) is 15.1. The van der Waals surface area contributed by atoms with Gasteiger partial charge in [0.1, 0.15) is 11.7 Å². The van der Waals surface area contributed by atoms with Crippen LogP contribution >= 0.6 is 0 Å². The van der Waals surface area contributed by atoms with Crippen molar-refractivity contribution in [2.75, 3.05) is 7.05 Å². The Balaban J connectivity index is 1.55. The van der Waals surface area contributed by atoms with E-state index in [1.165, 1.54) is 19.3 Å². The van der Waals surface area contributed by atoms with E-state index in [4.69, 9.17) is 0 Å². The summed E-state index contributed by atoms with van der Waals surface area (Å²) in [4.78, 5) is 12.8. The number of amides is 1. The molecule has 0 aromatic carbocycles. The molecule has 4 rings (SSSR count). The van der Waals surface area contributed by atoms with Crippen LogP contribution in [0.25, 0.3) is 0 Å². The Morgan fingerprint density at radius 3 is 2.77 bits per heavy atom. The van der Waals surface area contributed by atoms with Crippen LogP contribution in [0, 0.1) is 17.2 Å². The number of aromatic nitrogens is 3. The molecule has 1 unspecified atom stereocenters. The standard InChI is InChI=1S/C18H25N7O/c1-24-15(7-10-20-24)17(26)21-16(13-5-3-2-4-6-13)14-11-25(23-22-14)18(12-19)8-9-18/h10-11,13,15-16H,2-9H2,1H3,(H,21,26)/t15?,16-/m0/s1. The van der Waals surface area contributed by atoms with Gasteiger partial charge in [-0.15, -0.1) is 5.10 Å². The summed E-state index contributed by atoms with van der Waals surface area (Å²) < 4.78 is 1.69. The molecule has 2 heterocycles. The van der Waals surface area contributed by atoms with Gasteiger partial charge in [-0.2, -0.15) is 10.4 Å². The van der Waals surface area contributed by atoms with Crippen LogP contribution in [-0.4, -0.2) is 45.2 Å². The monoisotopic (exact) mass is 355 g/mol. The Hall–Kier alpha value is -2.43. The smallest absolute Gasteiger partial charge is 0.245 e. The summed E-state index contributed by atoms with van der Waals surface area (Å²) in [6.07, 6.45) is 11.7. The number of carbonyl (C=O) groups is 1. The van der Waals surface area contributed by atoms with Crippen LogP contribution in [0.3, 0.4) is 0 Å². The maximum absolute atomic E-state index is 12.8. The average molecular weight is 355 g/mol. The van der Waals surface area contributed by atoms with E-state index in [0.29, 0.717) is 12.3 Å². The van der Waals surface area contributed by atoms with Crippen LogP contribution in [-0.2, 0) is 10.3 Å². The van der Waals surface area contributed by atoms with Gasteiger partial charge < -0.3 is 5.32 Å². The minimum Gasteiger partial charge on any atom is -0.345 e. The Labute approximate surface area is 153 Å². The highest BCUT2D eigenvalue weighted by atomic mass is 16.2. The van der Waals surface area contributed by atoms with Crippen molar-refractivity contribution in [2.24, 2.45) is 11.0 Å². The molecule has 1 aliphatic heterocycles. The predicted molar refractivity (Wildman–Crippen MR) is 95.0 cm³/mol. The quantitative estimate of drug-likeness (QED) is 0.867. The molecule has 2 aliphatic carbocycles. The third-order valence-corrected chi connectivity index (χ3v) is 5.97. The molecule has 1 aromatic rings. The van der Waals surface area contributed by atoms with Gasteiger partial charge in [0.25, 0.3) is 0 Å². The topological polar surface area (TPSA) is 99.2 Å². The molecule has 3 aliphatic rings. The maximum Gasteiger partial charge on any atom is 0.245 e. The van der Waals surface area contributed by atoms with Gasteiger partial charge in [-0.1, -0.05) is 24.5 Å². The van der Waals surface area contributed by atoms with Gasteiger partial charge >= 0.3 is 0 Å². The molecular weight excluding hydrogens is 330 g/mol. The number of rotatable bonds is 5. The van der Waals surface area contributed by atoms with Crippen LogP contribution in [0.15, 0.2) is 11.3 Å². The van der Waals surface area contributed by atoms with Crippen molar-refractivity contribution in [2.45, 2.75) is 69.0 Å². The first-order valence-electron chi connectivity index (χ1n) is 9.52. The third kappa shape index (κ3) is 3.06. The van der Waals surface area contributed by atoms with E-state index in [1.54, 1.807) is 15.9 Å². The fourth-order valence-corrected chi connectivity index (χ4v) is 4.07. The first kappa shape index (κ1) is 17.0. The van der Waals surface area contributed by atoms with Gasteiger partial charge in [0.15, 0.2) is 5.54 Å². The molecule has 1 N–H and O–H groups in total. The molecule has 138 valence electrons. The Morgan fingerprint density at radius 1 is 1.38 bits per heavy atom. The van der Waals surface area contributed by atoms with Crippen molar-refractivity contribution in [3.63, 3.8) is 0 Å². The van der Waals surface area contributed by atoms with E-state index in [1.807, 2.05) is 13.2 Å². The highest BCUT2D eigenvalue weighted by molar-refractivity contribution is 5.86. The predicted octanol–water partition coefficient (Wildman–Crippen LogP) is 1.72. The van der Waals surface area contributed by atoms with E-state index in [-0.39, 0.29) is 18.0 Å². The van der Waals surface area contributed by atoms with E-state index >= 15 is 0 Å². The Kier molecular flexibility index (Phi) is 4.39. The summed E-state index contributed by atoms with van der Waals surface area (Å²) >= 11 is 0. The number of likely N-dealkylation sites (N-methyl/N-ethyl adjacent to an activating group) is 1. The van der Waals surface area contributed by atoms with Crippen LogP contribution in [0.4, 0.5) is 0 Å². The fraction of sp³-hybridized carbons (Fsp3) is 0.722. The second-order valence-corrected chi connectivity index (χ2v) is 7.74. The number of nitrogens with zero attached hydrogens (tertiary/aromatic N) is 6. The van der Waals surface area contributed by atoms with Gasteiger partial charge in [-0.05, 0) is 31.6 Å². The molecule has 0 radical (unpaired) electrons. The Morgan fingerprint density at radius 2 is 2.15 bits per heavy atom. The highest BCUT2D eigenvalue weighted by Crippen LogP contribution is 2.43. The number of carbonyl (C=O) groups excluding carboxylic acids is 1. The summed E-state index contributed by atoms with van der Waals surface area (Å²) in [5.74, 6) is 0.347. The molecule has 8 heteroatoms. The van der Waals surface area contributed by atoms with Crippen LogP contribution in [0.2, 0.25) is 0 Å². The lowest BCUT2D eigenvalue weighted by Crippen LogP contribution is -2.44. The number of nitriles is 1.